The van der Waals surface area contributed by atoms with E-state index in [1.165, 1.54) is 0 Å². The summed E-state index contributed by atoms with van der Waals surface area (Å²) in [5.74, 6) is 0. The molecular weight excluding hydrogens is 128 g/mol. The molecule has 0 aliphatic rings. The van der Waals surface area contributed by atoms with Crippen molar-refractivity contribution in [1.29, 1.82) is 0 Å². The minimum atomic E-state index is -0.632. The highest BCUT2D eigenvalue weighted by Crippen LogP contribution is 1.60. The average Bonchev–Trinajstić information content (AvgIpc) is 1.69. The standard InChI is InChI=1S/C2H10O3Si2/c3-1-6-5-7-2-4/h3-4H,1-2,6-7H2. The van der Waals surface area contributed by atoms with E-state index in [1.807, 2.05) is 0 Å². The van der Waals surface area contributed by atoms with Crippen LogP contribution in [0.3, 0.4) is 0 Å². The molecular formula is C2H10O3Si2. The monoisotopic (exact) mass is 138 g/mol. The van der Waals surface area contributed by atoms with E-state index in [2.05, 4.69) is 0 Å². The molecule has 5 heteroatoms. The molecule has 44 valence electrons. The van der Waals surface area contributed by atoms with Crippen LogP contribution in [0.2, 0.25) is 0 Å². The molecule has 0 aliphatic heterocycles. The summed E-state index contributed by atoms with van der Waals surface area (Å²) in [6.45, 7) is 0. The van der Waals surface area contributed by atoms with E-state index in [0.717, 1.165) is 0 Å². The zero-order chi connectivity index (χ0) is 5.54. The molecule has 2 N–H and O–H groups in total. The van der Waals surface area contributed by atoms with Crippen LogP contribution < -0.4 is 0 Å². The van der Waals surface area contributed by atoms with Gasteiger partial charge in [0.15, 0.2) is 19.5 Å². The number of hydrogen-bond donors (Lipinski definition) is 2. The lowest BCUT2D eigenvalue weighted by Crippen LogP contribution is -2.10. The summed E-state index contributed by atoms with van der Waals surface area (Å²) in [7, 11) is -1.26. The minimum absolute atomic E-state index is 0.201. The number of hydrogen-bond acceptors (Lipinski definition) is 3. The van der Waals surface area contributed by atoms with Crippen molar-refractivity contribution in [2.75, 3.05) is 12.5 Å². The molecule has 0 aromatic carbocycles. The number of aliphatic hydroxyl groups excluding tert-OH is 2. The van der Waals surface area contributed by atoms with Gasteiger partial charge in [-0.2, -0.15) is 0 Å². The van der Waals surface area contributed by atoms with Crippen molar-refractivity contribution in [3.8, 4) is 0 Å². The highest BCUT2D eigenvalue weighted by Gasteiger charge is 1.82. The van der Waals surface area contributed by atoms with Crippen LogP contribution in [0, 0.1) is 0 Å². The van der Waals surface area contributed by atoms with Gasteiger partial charge in [0.1, 0.15) is 0 Å². The topological polar surface area (TPSA) is 49.7 Å². The highest BCUT2D eigenvalue weighted by atomic mass is 28.3. The van der Waals surface area contributed by atoms with E-state index >= 15 is 0 Å². The third-order valence-corrected chi connectivity index (χ3v) is 3.15. The fourth-order valence-electron chi connectivity index (χ4n) is 0.231. The Bertz CT molecular complexity index is 30.1. The molecule has 0 saturated heterocycles. The normalized spacial score (nSPS) is 12.9. The maximum atomic E-state index is 8.17. The van der Waals surface area contributed by atoms with Crippen molar-refractivity contribution in [1.82, 2.24) is 0 Å². The summed E-state index contributed by atoms with van der Waals surface area (Å²) in [6, 6.07) is 0. The third-order valence-electron chi connectivity index (χ3n) is 0.471. The molecule has 0 heterocycles. The minimum Gasteiger partial charge on any atom is -0.462 e. The Hall–Kier alpha value is 0.314. The third kappa shape index (κ3) is 6.31. The Kier molecular flexibility index (Phi) is 6.60. The first-order valence-corrected chi connectivity index (χ1v) is 5.36. The summed E-state index contributed by atoms with van der Waals surface area (Å²) in [6.07, 6.45) is 0.403. The molecule has 3 nitrogen and oxygen atoms in total. The fraction of sp³-hybridized carbons (Fsp3) is 1.00. The maximum Gasteiger partial charge on any atom is 0.171 e. The predicted octanol–water partition coefficient (Wildman–Crippen LogP) is -2.93. The second kappa shape index (κ2) is 6.31. The van der Waals surface area contributed by atoms with Crippen molar-refractivity contribution in [3.05, 3.63) is 0 Å². The Morgan fingerprint density at radius 2 is 1.57 bits per heavy atom. The largest absolute Gasteiger partial charge is 0.462 e. The van der Waals surface area contributed by atoms with Crippen LogP contribution in [-0.2, 0) is 4.12 Å². The SMILES string of the molecule is OC[SiH2]O[SiH2]CO. The van der Waals surface area contributed by atoms with Gasteiger partial charge in [0.05, 0.1) is 12.5 Å². The smallest absolute Gasteiger partial charge is 0.171 e. The van der Waals surface area contributed by atoms with Crippen LogP contribution in [-0.4, -0.2) is 42.2 Å². The molecule has 0 saturated carbocycles. The van der Waals surface area contributed by atoms with Gasteiger partial charge in [-0.1, -0.05) is 0 Å². The zero-order valence-electron chi connectivity index (χ0n) is 4.13. The van der Waals surface area contributed by atoms with Gasteiger partial charge >= 0.3 is 0 Å². The molecule has 0 rings (SSSR count). The van der Waals surface area contributed by atoms with Crippen LogP contribution >= 0.6 is 0 Å². The fourth-order valence-corrected chi connectivity index (χ4v) is 2.08. The summed E-state index contributed by atoms with van der Waals surface area (Å²) >= 11 is 0. The van der Waals surface area contributed by atoms with Crippen LogP contribution in [0.1, 0.15) is 0 Å². The van der Waals surface area contributed by atoms with E-state index in [1.54, 1.807) is 0 Å². The average molecular weight is 138 g/mol. The lowest BCUT2D eigenvalue weighted by atomic mass is 11.7. The molecule has 0 atom stereocenters. The molecule has 0 bridgehead atoms. The molecule has 0 aromatic heterocycles. The lowest BCUT2D eigenvalue weighted by Gasteiger charge is -1.93. The van der Waals surface area contributed by atoms with Gasteiger partial charge in [-0.25, -0.2) is 0 Å². The molecule has 0 amide bonds. The van der Waals surface area contributed by atoms with Gasteiger partial charge in [0.25, 0.3) is 0 Å². The van der Waals surface area contributed by atoms with Gasteiger partial charge in [-0.3, -0.25) is 0 Å². The van der Waals surface area contributed by atoms with E-state index in [0.29, 0.717) is 0 Å². The molecule has 0 aliphatic carbocycles. The van der Waals surface area contributed by atoms with Gasteiger partial charge in [-0.05, 0) is 0 Å². The van der Waals surface area contributed by atoms with Crippen molar-refractivity contribution < 1.29 is 14.3 Å². The van der Waals surface area contributed by atoms with Crippen LogP contribution in [0.4, 0.5) is 0 Å². The zero-order valence-corrected chi connectivity index (χ0v) is 6.96. The van der Waals surface area contributed by atoms with Crippen molar-refractivity contribution in [2.24, 2.45) is 0 Å². The summed E-state index contributed by atoms with van der Waals surface area (Å²) in [5.41, 5.74) is 0. The molecule has 0 aromatic rings. The molecule has 0 radical (unpaired) electrons. The second-order valence-electron chi connectivity index (χ2n) is 1.06. The molecule has 0 unspecified atom stereocenters. The van der Waals surface area contributed by atoms with E-state index in [-0.39, 0.29) is 12.5 Å². The van der Waals surface area contributed by atoms with E-state index < -0.39 is 19.5 Å². The first kappa shape index (κ1) is 7.31. The molecule has 0 fully saturated rings. The summed E-state index contributed by atoms with van der Waals surface area (Å²) in [5, 5.41) is 16.3. The predicted molar refractivity (Wildman–Crippen MR) is 32.3 cm³/mol. The Labute approximate surface area is 47.2 Å². The van der Waals surface area contributed by atoms with E-state index in [4.69, 9.17) is 14.3 Å². The Morgan fingerprint density at radius 3 is 1.86 bits per heavy atom. The second-order valence-corrected chi connectivity index (χ2v) is 4.40. The van der Waals surface area contributed by atoms with Gasteiger partial charge in [-0.15, -0.1) is 0 Å². The van der Waals surface area contributed by atoms with Crippen LogP contribution in [0.15, 0.2) is 0 Å². The van der Waals surface area contributed by atoms with Crippen molar-refractivity contribution in [2.45, 2.75) is 0 Å². The quantitative estimate of drug-likeness (QED) is 0.323. The van der Waals surface area contributed by atoms with Gasteiger partial charge < -0.3 is 14.3 Å². The lowest BCUT2D eigenvalue weighted by molar-refractivity contribution is 0.337. The van der Waals surface area contributed by atoms with Gasteiger partial charge in [0, 0.05) is 0 Å². The maximum absolute atomic E-state index is 8.17. The van der Waals surface area contributed by atoms with Crippen LogP contribution in [0.25, 0.3) is 0 Å². The summed E-state index contributed by atoms with van der Waals surface area (Å²) in [4.78, 5) is 0. The first-order valence-electron chi connectivity index (χ1n) is 2.21. The summed E-state index contributed by atoms with van der Waals surface area (Å²) < 4.78 is 4.91. The molecule has 0 spiro atoms. The Morgan fingerprint density at radius 1 is 1.14 bits per heavy atom. The highest BCUT2D eigenvalue weighted by molar-refractivity contribution is 6.42. The van der Waals surface area contributed by atoms with E-state index in [9.17, 15) is 0 Å². The van der Waals surface area contributed by atoms with Crippen molar-refractivity contribution in [3.63, 3.8) is 0 Å². The van der Waals surface area contributed by atoms with Crippen molar-refractivity contribution >= 4 is 19.5 Å². The van der Waals surface area contributed by atoms with Gasteiger partial charge in [0.2, 0.25) is 0 Å². The number of aliphatic hydroxyl groups is 2. The first-order chi connectivity index (χ1) is 3.41. The molecule has 7 heavy (non-hydrogen) atoms. The van der Waals surface area contributed by atoms with Crippen LogP contribution in [0.5, 0.6) is 0 Å². The Balaban J connectivity index is 2.45. The number of rotatable bonds is 4.